The lowest BCUT2D eigenvalue weighted by atomic mass is 10.2. The number of benzene rings is 2. The number of carbonyl (C=O) groups excluding carboxylic acids is 2. The van der Waals surface area contributed by atoms with Crippen molar-refractivity contribution in [1.82, 2.24) is 0 Å². The third kappa shape index (κ3) is 4.44. The largest absolute Gasteiger partial charge is 0.326 e. The number of hydrogen-bond donors (Lipinski definition) is 1. The van der Waals surface area contributed by atoms with Crippen LogP contribution < -0.4 is 5.32 Å². The van der Waals surface area contributed by atoms with E-state index in [0.717, 1.165) is 20.0 Å². The lowest BCUT2D eigenvalue weighted by Gasteiger charge is -2.07. The second-order valence-electron chi connectivity index (χ2n) is 4.51. The van der Waals surface area contributed by atoms with Gasteiger partial charge in [-0.3, -0.25) is 9.59 Å². The molecule has 0 saturated carbocycles. The van der Waals surface area contributed by atoms with E-state index in [2.05, 4.69) is 21.2 Å². The summed E-state index contributed by atoms with van der Waals surface area (Å²) in [6.45, 7) is 3.03. The van der Waals surface area contributed by atoms with Crippen molar-refractivity contribution in [2.24, 2.45) is 0 Å². The molecule has 5 heteroatoms. The maximum atomic E-state index is 11.3. The van der Waals surface area contributed by atoms with E-state index in [9.17, 15) is 9.59 Å². The SMILES string of the molecule is CC(=O)Nc1ccc(Sc2ccc(C(C)=O)cc2Br)cc1. The zero-order valence-electron chi connectivity index (χ0n) is 11.6. The number of rotatable bonds is 4. The van der Waals surface area contributed by atoms with Crippen molar-refractivity contribution >= 4 is 45.1 Å². The summed E-state index contributed by atoms with van der Waals surface area (Å²) in [5.74, 6) is -0.0371. The van der Waals surface area contributed by atoms with Gasteiger partial charge in [-0.05, 0) is 59.3 Å². The predicted molar refractivity (Wildman–Crippen MR) is 89.0 cm³/mol. The van der Waals surface area contributed by atoms with Gasteiger partial charge in [-0.1, -0.05) is 17.8 Å². The maximum Gasteiger partial charge on any atom is 0.221 e. The van der Waals surface area contributed by atoms with Crippen LogP contribution in [0.4, 0.5) is 5.69 Å². The van der Waals surface area contributed by atoms with E-state index in [1.165, 1.54) is 6.92 Å². The van der Waals surface area contributed by atoms with Crippen LogP contribution in [0.15, 0.2) is 56.7 Å². The Bertz CT molecular complexity index is 683. The van der Waals surface area contributed by atoms with Crippen LogP contribution in [0.3, 0.4) is 0 Å². The Balaban J connectivity index is 2.14. The molecule has 0 aromatic heterocycles. The minimum atomic E-state index is -0.0852. The zero-order chi connectivity index (χ0) is 15.4. The Kier molecular flexibility index (Phi) is 5.20. The molecular weight excluding hydrogens is 350 g/mol. The van der Waals surface area contributed by atoms with Gasteiger partial charge in [-0.15, -0.1) is 0 Å². The number of carbonyl (C=O) groups is 2. The highest BCUT2D eigenvalue weighted by Gasteiger charge is 2.06. The van der Waals surface area contributed by atoms with Gasteiger partial charge in [0.25, 0.3) is 0 Å². The highest BCUT2D eigenvalue weighted by Crippen LogP contribution is 2.34. The van der Waals surface area contributed by atoms with E-state index in [4.69, 9.17) is 0 Å². The third-order valence-corrected chi connectivity index (χ3v) is 4.74. The van der Waals surface area contributed by atoms with Gasteiger partial charge in [0.15, 0.2) is 5.78 Å². The van der Waals surface area contributed by atoms with E-state index in [-0.39, 0.29) is 11.7 Å². The molecule has 0 spiro atoms. The first-order chi connectivity index (χ1) is 9.95. The number of amides is 1. The van der Waals surface area contributed by atoms with Crippen molar-refractivity contribution in [2.45, 2.75) is 23.6 Å². The highest BCUT2D eigenvalue weighted by atomic mass is 79.9. The normalized spacial score (nSPS) is 10.2. The molecule has 21 heavy (non-hydrogen) atoms. The van der Waals surface area contributed by atoms with Gasteiger partial charge in [-0.2, -0.15) is 0 Å². The van der Waals surface area contributed by atoms with Crippen LogP contribution in [0.5, 0.6) is 0 Å². The minimum absolute atomic E-state index is 0.0481. The quantitative estimate of drug-likeness (QED) is 0.796. The van der Waals surface area contributed by atoms with E-state index < -0.39 is 0 Å². The first-order valence-corrected chi connectivity index (χ1v) is 7.92. The van der Waals surface area contributed by atoms with Crippen LogP contribution in [-0.4, -0.2) is 11.7 Å². The van der Waals surface area contributed by atoms with Gasteiger partial charge in [0, 0.05) is 32.4 Å². The molecule has 0 unspecified atom stereocenters. The van der Waals surface area contributed by atoms with Crippen LogP contribution in [-0.2, 0) is 4.79 Å². The first kappa shape index (κ1) is 15.8. The lowest BCUT2D eigenvalue weighted by Crippen LogP contribution is -2.05. The molecule has 2 aromatic carbocycles. The first-order valence-electron chi connectivity index (χ1n) is 6.31. The molecule has 0 bridgehead atoms. The number of ketones is 1. The van der Waals surface area contributed by atoms with E-state index in [0.29, 0.717) is 5.56 Å². The number of anilines is 1. The Morgan fingerprint density at radius 1 is 1.05 bits per heavy atom. The summed E-state index contributed by atoms with van der Waals surface area (Å²) in [4.78, 5) is 24.4. The van der Waals surface area contributed by atoms with Crippen molar-refractivity contribution < 1.29 is 9.59 Å². The lowest BCUT2D eigenvalue weighted by molar-refractivity contribution is -0.114. The number of hydrogen-bond acceptors (Lipinski definition) is 3. The maximum absolute atomic E-state index is 11.3. The molecule has 0 fully saturated rings. The standard InChI is InChI=1S/C16H14BrNO2S/c1-10(19)12-3-8-16(15(17)9-12)21-14-6-4-13(5-7-14)18-11(2)20/h3-9H,1-2H3,(H,18,20). The van der Waals surface area contributed by atoms with Crippen molar-refractivity contribution in [1.29, 1.82) is 0 Å². The Morgan fingerprint density at radius 2 is 1.71 bits per heavy atom. The Labute approximate surface area is 136 Å². The van der Waals surface area contributed by atoms with E-state index >= 15 is 0 Å². The molecule has 0 aliphatic heterocycles. The molecule has 2 aromatic rings. The second-order valence-corrected chi connectivity index (χ2v) is 6.48. The molecule has 3 nitrogen and oxygen atoms in total. The average Bonchev–Trinajstić information content (AvgIpc) is 2.42. The van der Waals surface area contributed by atoms with Gasteiger partial charge in [0.1, 0.15) is 0 Å². The molecule has 0 saturated heterocycles. The van der Waals surface area contributed by atoms with Gasteiger partial charge < -0.3 is 5.32 Å². The molecule has 1 amide bonds. The van der Waals surface area contributed by atoms with E-state index in [1.54, 1.807) is 18.7 Å². The molecule has 0 heterocycles. The monoisotopic (exact) mass is 363 g/mol. The van der Waals surface area contributed by atoms with Gasteiger partial charge in [-0.25, -0.2) is 0 Å². The molecular formula is C16H14BrNO2S. The minimum Gasteiger partial charge on any atom is -0.326 e. The number of Topliss-reactive ketones (excluding diaryl/α,β-unsaturated/α-hetero) is 1. The second kappa shape index (κ2) is 6.91. The summed E-state index contributed by atoms with van der Waals surface area (Å²) in [5.41, 5.74) is 1.46. The molecule has 0 radical (unpaired) electrons. The fourth-order valence-corrected chi connectivity index (χ4v) is 3.18. The molecule has 1 N–H and O–H groups in total. The predicted octanol–water partition coefficient (Wildman–Crippen LogP) is 4.76. The number of nitrogens with one attached hydrogen (secondary N) is 1. The van der Waals surface area contributed by atoms with E-state index in [1.807, 2.05) is 42.5 Å². The molecule has 0 atom stereocenters. The topological polar surface area (TPSA) is 46.2 Å². The fourth-order valence-electron chi connectivity index (χ4n) is 1.74. The van der Waals surface area contributed by atoms with Crippen LogP contribution in [0.25, 0.3) is 0 Å². The summed E-state index contributed by atoms with van der Waals surface area (Å²) in [5, 5.41) is 2.73. The van der Waals surface area contributed by atoms with Crippen LogP contribution in [0, 0.1) is 0 Å². The van der Waals surface area contributed by atoms with Gasteiger partial charge in [0.05, 0.1) is 0 Å². The summed E-state index contributed by atoms with van der Waals surface area (Å²) >= 11 is 5.08. The van der Waals surface area contributed by atoms with Gasteiger partial charge in [0.2, 0.25) is 5.91 Å². The Hall–Kier alpha value is -1.59. The zero-order valence-corrected chi connectivity index (χ0v) is 14.0. The summed E-state index contributed by atoms with van der Waals surface area (Å²) < 4.78 is 0.895. The fraction of sp³-hybridized carbons (Fsp3) is 0.125. The Morgan fingerprint density at radius 3 is 2.24 bits per heavy atom. The highest BCUT2D eigenvalue weighted by molar-refractivity contribution is 9.10. The number of halogens is 1. The van der Waals surface area contributed by atoms with Crippen LogP contribution >= 0.6 is 27.7 Å². The molecule has 0 aliphatic rings. The average molecular weight is 364 g/mol. The van der Waals surface area contributed by atoms with Crippen molar-refractivity contribution in [3.8, 4) is 0 Å². The van der Waals surface area contributed by atoms with Crippen LogP contribution in [0.1, 0.15) is 24.2 Å². The molecule has 108 valence electrons. The molecule has 2 rings (SSSR count). The summed E-state index contributed by atoms with van der Waals surface area (Å²) in [7, 11) is 0. The third-order valence-electron chi connectivity index (χ3n) is 2.74. The van der Waals surface area contributed by atoms with Crippen LogP contribution in [0.2, 0.25) is 0 Å². The summed E-state index contributed by atoms with van der Waals surface area (Å²) in [6, 6.07) is 13.2. The molecule has 0 aliphatic carbocycles. The smallest absolute Gasteiger partial charge is 0.221 e. The van der Waals surface area contributed by atoms with Crippen molar-refractivity contribution in [2.75, 3.05) is 5.32 Å². The van der Waals surface area contributed by atoms with Gasteiger partial charge >= 0.3 is 0 Å². The summed E-state index contributed by atoms with van der Waals surface area (Å²) in [6.07, 6.45) is 0. The van der Waals surface area contributed by atoms with Crippen molar-refractivity contribution in [3.63, 3.8) is 0 Å². The van der Waals surface area contributed by atoms with Crippen molar-refractivity contribution in [3.05, 3.63) is 52.5 Å².